The fourth-order valence-electron chi connectivity index (χ4n) is 1.52. The Bertz CT molecular complexity index is 675. The third-order valence-corrected chi connectivity index (χ3v) is 2.53. The Morgan fingerprint density at radius 1 is 1.37 bits per heavy atom. The first-order valence-corrected chi connectivity index (χ1v) is 5.48. The van der Waals surface area contributed by atoms with Crippen molar-refractivity contribution in [2.24, 2.45) is 0 Å². The molecule has 1 N–H and O–H groups in total. The molecule has 1 aromatic heterocycles. The minimum absolute atomic E-state index is 0.128. The van der Waals surface area contributed by atoms with Crippen molar-refractivity contribution in [2.75, 3.05) is 0 Å². The summed E-state index contributed by atoms with van der Waals surface area (Å²) in [4.78, 5) is 14.8. The van der Waals surface area contributed by atoms with Crippen LogP contribution in [0.4, 0.5) is 0 Å². The normalized spacial score (nSPS) is 9.68. The number of carbonyl (C=O) groups is 1. The zero-order valence-corrected chi connectivity index (χ0v) is 10.1. The molecular formula is C14H10N2O3. The van der Waals surface area contributed by atoms with Gasteiger partial charge in [0.15, 0.2) is 11.4 Å². The van der Waals surface area contributed by atoms with E-state index < -0.39 is 5.97 Å². The maximum Gasteiger partial charge on any atom is 0.335 e. The van der Waals surface area contributed by atoms with Gasteiger partial charge in [-0.15, -0.1) is 0 Å². The van der Waals surface area contributed by atoms with Gasteiger partial charge in [0.1, 0.15) is 11.8 Å². The van der Waals surface area contributed by atoms with E-state index in [2.05, 4.69) is 4.98 Å². The number of aryl methyl sites for hydroxylation is 1. The van der Waals surface area contributed by atoms with Crippen LogP contribution in [0.15, 0.2) is 36.5 Å². The lowest BCUT2D eigenvalue weighted by molar-refractivity contribution is 0.0696. The Morgan fingerprint density at radius 3 is 2.84 bits per heavy atom. The molecule has 2 aromatic rings. The van der Waals surface area contributed by atoms with E-state index in [1.165, 1.54) is 18.3 Å². The predicted octanol–water partition coefficient (Wildman–Crippen LogP) is 2.75. The summed E-state index contributed by atoms with van der Waals surface area (Å²) >= 11 is 0. The Balaban J connectivity index is 2.41. The smallest absolute Gasteiger partial charge is 0.335 e. The molecule has 0 aliphatic rings. The molecule has 0 aliphatic heterocycles. The average Bonchev–Trinajstić information content (AvgIpc) is 2.41. The largest absolute Gasteiger partial charge is 0.478 e. The van der Waals surface area contributed by atoms with Crippen molar-refractivity contribution in [3.63, 3.8) is 0 Å². The second-order valence-electron chi connectivity index (χ2n) is 3.85. The number of ether oxygens (including phenoxy) is 1. The summed E-state index contributed by atoms with van der Waals surface area (Å²) in [6.07, 6.45) is 1.49. The lowest BCUT2D eigenvalue weighted by Gasteiger charge is -2.10. The summed E-state index contributed by atoms with van der Waals surface area (Å²) in [6, 6.07) is 9.75. The van der Waals surface area contributed by atoms with E-state index >= 15 is 0 Å². The van der Waals surface area contributed by atoms with Crippen molar-refractivity contribution < 1.29 is 14.6 Å². The van der Waals surface area contributed by atoms with Gasteiger partial charge in [-0.3, -0.25) is 0 Å². The summed E-state index contributed by atoms with van der Waals surface area (Å²) in [6.45, 7) is 1.80. The molecule has 94 valence electrons. The number of pyridine rings is 1. The molecule has 0 aliphatic carbocycles. The minimum atomic E-state index is -1.03. The van der Waals surface area contributed by atoms with Gasteiger partial charge in [0, 0.05) is 6.20 Å². The molecule has 0 radical (unpaired) electrons. The van der Waals surface area contributed by atoms with E-state index in [0.29, 0.717) is 11.5 Å². The quantitative estimate of drug-likeness (QED) is 0.910. The molecule has 0 saturated heterocycles. The standard InChI is InChI=1S/C14H10N2O3/c1-9-4-5-10(14(17)18)7-13(9)19-12-3-2-6-16-11(12)8-15/h2-7H,1H3,(H,17,18). The highest BCUT2D eigenvalue weighted by Gasteiger charge is 2.10. The highest BCUT2D eigenvalue weighted by atomic mass is 16.5. The van der Waals surface area contributed by atoms with Gasteiger partial charge in [-0.25, -0.2) is 9.78 Å². The van der Waals surface area contributed by atoms with E-state index in [1.807, 2.05) is 6.07 Å². The number of rotatable bonds is 3. The predicted molar refractivity (Wildman–Crippen MR) is 67.2 cm³/mol. The third kappa shape index (κ3) is 2.69. The fraction of sp³-hybridized carbons (Fsp3) is 0.0714. The number of benzene rings is 1. The first-order chi connectivity index (χ1) is 9.11. The van der Waals surface area contributed by atoms with Crippen LogP contribution in [-0.4, -0.2) is 16.1 Å². The molecule has 19 heavy (non-hydrogen) atoms. The highest BCUT2D eigenvalue weighted by Crippen LogP contribution is 2.27. The van der Waals surface area contributed by atoms with Crippen molar-refractivity contribution >= 4 is 5.97 Å². The topological polar surface area (TPSA) is 83.2 Å². The zero-order valence-electron chi connectivity index (χ0n) is 10.1. The van der Waals surface area contributed by atoms with Gasteiger partial charge < -0.3 is 9.84 Å². The average molecular weight is 254 g/mol. The number of aromatic carboxylic acids is 1. The summed E-state index contributed by atoms with van der Waals surface area (Å²) in [5.74, 6) is -0.336. The van der Waals surface area contributed by atoms with Crippen molar-refractivity contribution in [1.29, 1.82) is 5.26 Å². The molecule has 0 unspecified atom stereocenters. The molecule has 0 atom stereocenters. The summed E-state index contributed by atoms with van der Waals surface area (Å²) in [5.41, 5.74) is 1.06. The number of nitrogens with zero attached hydrogens (tertiary/aromatic N) is 2. The monoisotopic (exact) mass is 254 g/mol. The van der Waals surface area contributed by atoms with E-state index in [4.69, 9.17) is 15.1 Å². The van der Waals surface area contributed by atoms with E-state index in [0.717, 1.165) is 5.56 Å². The SMILES string of the molecule is Cc1ccc(C(=O)O)cc1Oc1cccnc1C#N. The molecule has 2 rings (SSSR count). The first-order valence-electron chi connectivity index (χ1n) is 5.48. The molecule has 5 nitrogen and oxygen atoms in total. The summed E-state index contributed by atoms with van der Waals surface area (Å²) in [7, 11) is 0. The number of aromatic nitrogens is 1. The Kier molecular flexibility index (Phi) is 3.44. The van der Waals surface area contributed by atoms with Crippen LogP contribution in [0.1, 0.15) is 21.6 Å². The van der Waals surface area contributed by atoms with Crippen LogP contribution in [-0.2, 0) is 0 Å². The second kappa shape index (κ2) is 5.19. The lowest BCUT2D eigenvalue weighted by atomic mass is 10.1. The highest BCUT2D eigenvalue weighted by molar-refractivity contribution is 5.88. The molecule has 5 heteroatoms. The minimum Gasteiger partial charge on any atom is -0.478 e. The Labute approximate surface area is 109 Å². The number of nitriles is 1. The fourth-order valence-corrected chi connectivity index (χ4v) is 1.52. The van der Waals surface area contributed by atoms with Crippen LogP contribution < -0.4 is 4.74 Å². The van der Waals surface area contributed by atoms with Crippen molar-refractivity contribution in [3.8, 4) is 17.6 Å². The third-order valence-electron chi connectivity index (χ3n) is 2.53. The van der Waals surface area contributed by atoms with Crippen LogP contribution in [0.3, 0.4) is 0 Å². The zero-order chi connectivity index (χ0) is 13.8. The molecule has 0 amide bonds. The first kappa shape index (κ1) is 12.6. The second-order valence-corrected chi connectivity index (χ2v) is 3.85. The maximum absolute atomic E-state index is 10.9. The van der Waals surface area contributed by atoms with Crippen LogP contribution in [0, 0.1) is 18.3 Å². The molecular weight excluding hydrogens is 244 g/mol. The van der Waals surface area contributed by atoms with Gasteiger partial charge in [0.2, 0.25) is 0 Å². The molecule has 0 fully saturated rings. The van der Waals surface area contributed by atoms with Gasteiger partial charge in [-0.2, -0.15) is 5.26 Å². The number of hydrogen-bond donors (Lipinski definition) is 1. The number of carboxylic acids is 1. The van der Waals surface area contributed by atoms with Crippen LogP contribution in [0.25, 0.3) is 0 Å². The summed E-state index contributed by atoms with van der Waals surface area (Å²) < 4.78 is 5.57. The van der Waals surface area contributed by atoms with Crippen LogP contribution >= 0.6 is 0 Å². The van der Waals surface area contributed by atoms with E-state index in [9.17, 15) is 4.79 Å². The van der Waals surface area contributed by atoms with Crippen molar-refractivity contribution in [1.82, 2.24) is 4.98 Å². The molecule has 1 aromatic carbocycles. The van der Waals surface area contributed by atoms with E-state index in [1.54, 1.807) is 25.1 Å². The number of hydrogen-bond acceptors (Lipinski definition) is 4. The molecule has 0 bridgehead atoms. The van der Waals surface area contributed by atoms with Crippen LogP contribution in [0.2, 0.25) is 0 Å². The van der Waals surface area contributed by atoms with Gasteiger partial charge in [0.25, 0.3) is 0 Å². The summed E-state index contributed by atoms with van der Waals surface area (Å²) in [5, 5.41) is 17.9. The van der Waals surface area contributed by atoms with Gasteiger partial charge in [-0.1, -0.05) is 6.07 Å². The van der Waals surface area contributed by atoms with Gasteiger partial charge >= 0.3 is 5.97 Å². The van der Waals surface area contributed by atoms with E-state index in [-0.39, 0.29) is 11.3 Å². The lowest BCUT2D eigenvalue weighted by Crippen LogP contribution is -1.98. The number of carboxylic acid groups (broad SMARTS) is 1. The van der Waals surface area contributed by atoms with Crippen molar-refractivity contribution in [3.05, 3.63) is 53.3 Å². The Morgan fingerprint density at radius 2 is 2.16 bits per heavy atom. The molecule has 0 spiro atoms. The van der Waals surface area contributed by atoms with Gasteiger partial charge in [0.05, 0.1) is 5.56 Å². The molecule has 0 saturated carbocycles. The molecule has 1 heterocycles. The van der Waals surface area contributed by atoms with Crippen molar-refractivity contribution in [2.45, 2.75) is 6.92 Å². The van der Waals surface area contributed by atoms with Gasteiger partial charge in [-0.05, 0) is 36.8 Å². The maximum atomic E-state index is 10.9. The van der Waals surface area contributed by atoms with Crippen LogP contribution in [0.5, 0.6) is 11.5 Å². The Hall–Kier alpha value is -2.87.